The van der Waals surface area contributed by atoms with Crippen LogP contribution in [-0.4, -0.2) is 12.4 Å². The molecule has 0 N–H and O–H groups in total. The lowest BCUT2D eigenvalue weighted by molar-refractivity contribution is 0.586. The summed E-state index contributed by atoms with van der Waals surface area (Å²) in [4.78, 5) is 0.293. The molecule has 1 heterocycles. The van der Waals surface area contributed by atoms with E-state index in [1.807, 2.05) is 0 Å². The molecular formula is C13H13NO2S. The van der Waals surface area contributed by atoms with Crippen molar-refractivity contribution in [3.05, 3.63) is 67.0 Å². The Morgan fingerprint density at radius 2 is 1.82 bits per heavy atom. The van der Waals surface area contributed by atoms with Gasteiger partial charge in [0.2, 0.25) is 0 Å². The molecule has 88 valence electrons. The summed E-state index contributed by atoms with van der Waals surface area (Å²) in [6.07, 6.45) is 3.77. The Kier molecular flexibility index (Phi) is 3.15. The molecule has 1 aromatic heterocycles. The van der Waals surface area contributed by atoms with E-state index in [0.29, 0.717) is 17.0 Å². The number of aromatic nitrogens is 1. The van der Waals surface area contributed by atoms with Gasteiger partial charge < -0.3 is 0 Å². The van der Waals surface area contributed by atoms with Gasteiger partial charge in [0.15, 0.2) is 0 Å². The molecule has 0 aliphatic carbocycles. The van der Waals surface area contributed by atoms with Gasteiger partial charge in [-0.2, -0.15) is 0 Å². The molecule has 0 saturated heterocycles. The lowest BCUT2D eigenvalue weighted by atomic mass is 10.3. The second-order valence-corrected chi connectivity index (χ2v) is 5.42. The smallest absolute Gasteiger partial charge is 0.246 e. The zero-order valence-corrected chi connectivity index (χ0v) is 10.1. The van der Waals surface area contributed by atoms with Crippen LogP contribution in [0.15, 0.2) is 66.2 Å². The van der Waals surface area contributed by atoms with Crippen molar-refractivity contribution in [1.29, 1.82) is 0 Å². The van der Waals surface area contributed by atoms with E-state index in [-0.39, 0.29) is 0 Å². The van der Waals surface area contributed by atoms with E-state index in [4.69, 9.17) is 0 Å². The number of nitrogens with zero attached hydrogens (tertiary/aromatic N) is 1. The van der Waals surface area contributed by atoms with Crippen LogP contribution in [0.2, 0.25) is 0 Å². The van der Waals surface area contributed by atoms with E-state index in [2.05, 4.69) is 6.58 Å². The van der Waals surface area contributed by atoms with Crippen LogP contribution >= 0.6 is 0 Å². The van der Waals surface area contributed by atoms with Gasteiger partial charge in [-0.15, -0.1) is 6.58 Å². The van der Waals surface area contributed by atoms with Gasteiger partial charge in [-0.1, -0.05) is 24.3 Å². The Morgan fingerprint density at radius 3 is 2.47 bits per heavy atom. The van der Waals surface area contributed by atoms with Gasteiger partial charge in [-0.25, -0.2) is 12.4 Å². The molecule has 0 atom stereocenters. The molecule has 2 rings (SSSR count). The highest BCUT2D eigenvalue weighted by Gasteiger charge is 2.17. The maximum atomic E-state index is 12.3. The summed E-state index contributed by atoms with van der Waals surface area (Å²) >= 11 is 0. The number of hydrogen-bond acceptors (Lipinski definition) is 2. The van der Waals surface area contributed by atoms with Crippen LogP contribution in [0.25, 0.3) is 0 Å². The fraction of sp³-hybridized carbons (Fsp3) is 0.0769. The molecule has 0 saturated carbocycles. The predicted molar refractivity (Wildman–Crippen MR) is 67.4 cm³/mol. The Bertz CT molecular complexity index is 612. The Morgan fingerprint density at radius 1 is 1.12 bits per heavy atom. The lowest BCUT2D eigenvalue weighted by Crippen LogP contribution is -2.14. The summed E-state index contributed by atoms with van der Waals surface area (Å²) in [7, 11) is -3.48. The van der Waals surface area contributed by atoms with E-state index in [0.717, 1.165) is 0 Å². The minimum atomic E-state index is -3.48. The van der Waals surface area contributed by atoms with Crippen LogP contribution in [0.1, 0.15) is 5.69 Å². The Labute approximate surface area is 101 Å². The molecule has 0 amide bonds. The van der Waals surface area contributed by atoms with Crippen LogP contribution in [0.5, 0.6) is 0 Å². The maximum Gasteiger partial charge on any atom is 0.267 e. The highest BCUT2D eigenvalue weighted by Crippen LogP contribution is 2.16. The van der Waals surface area contributed by atoms with Crippen molar-refractivity contribution < 1.29 is 8.42 Å². The third-order valence-corrected chi connectivity index (χ3v) is 4.19. The van der Waals surface area contributed by atoms with Gasteiger partial charge in [0.05, 0.1) is 4.90 Å². The number of benzene rings is 1. The summed E-state index contributed by atoms with van der Waals surface area (Å²) < 4.78 is 25.9. The zero-order chi connectivity index (χ0) is 12.3. The van der Waals surface area contributed by atoms with Crippen LogP contribution in [0, 0.1) is 0 Å². The van der Waals surface area contributed by atoms with Crippen LogP contribution in [0.3, 0.4) is 0 Å². The molecule has 0 radical (unpaired) electrons. The van der Waals surface area contributed by atoms with Crippen molar-refractivity contribution in [3.8, 4) is 0 Å². The predicted octanol–water partition coefficient (Wildman–Crippen LogP) is 2.45. The molecule has 1 aromatic carbocycles. The van der Waals surface area contributed by atoms with Gasteiger partial charge in [-0.05, 0) is 24.3 Å². The Hall–Kier alpha value is -1.81. The van der Waals surface area contributed by atoms with E-state index in [9.17, 15) is 8.42 Å². The fourth-order valence-corrected chi connectivity index (χ4v) is 3.05. The summed E-state index contributed by atoms with van der Waals surface area (Å²) in [5, 5.41) is 0. The standard InChI is InChI=1S/C13H13NO2S/c1-2-7-12-8-6-11-14(12)17(15,16)13-9-4-3-5-10-13/h2-6,8-11H,1,7H2. The molecule has 2 aromatic rings. The third-order valence-electron chi connectivity index (χ3n) is 2.45. The third kappa shape index (κ3) is 2.17. The topological polar surface area (TPSA) is 39.1 Å². The van der Waals surface area contributed by atoms with Gasteiger partial charge in [-0.3, -0.25) is 0 Å². The van der Waals surface area contributed by atoms with E-state index in [1.54, 1.807) is 54.7 Å². The van der Waals surface area contributed by atoms with Gasteiger partial charge in [0, 0.05) is 18.3 Å². The van der Waals surface area contributed by atoms with Crippen LogP contribution < -0.4 is 0 Å². The molecular weight excluding hydrogens is 234 g/mol. The van der Waals surface area contributed by atoms with Crippen molar-refractivity contribution in [3.63, 3.8) is 0 Å². The fourth-order valence-electron chi connectivity index (χ4n) is 1.65. The number of allylic oxidation sites excluding steroid dienone is 1. The van der Waals surface area contributed by atoms with Gasteiger partial charge >= 0.3 is 0 Å². The summed E-state index contributed by atoms with van der Waals surface area (Å²) in [6.45, 7) is 3.62. The quantitative estimate of drug-likeness (QED) is 0.778. The van der Waals surface area contributed by atoms with E-state index < -0.39 is 10.0 Å². The number of rotatable bonds is 4. The summed E-state index contributed by atoms with van der Waals surface area (Å²) in [6, 6.07) is 11.9. The first-order chi connectivity index (χ1) is 8.16. The monoisotopic (exact) mass is 247 g/mol. The zero-order valence-electron chi connectivity index (χ0n) is 9.28. The highest BCUT2D eigenvalue weighted by molar-refractivity contribution is 7.90. The molecule has 17 heavy (non-hydrogen) atoms. The minimum Gasteiger partial charge on any atom is -0.246 e. The maximum absolute atomic E-state index is 12.3. The second kappa shape index (κ2) is 4.59. The van der Waals surface area contributed by atoms with Crippen molar-refractivity contribution >= 4 is 10.0 Å². The van der Waals surface area contributed by atoms with Crippen molar-refractivity contribution in [2.75, 3.05) is 0 Å². The van der Waals surface area contributed by atoms with Crippen LogP contribution in [-0.2, 0) is 16.4 Å². The molecule has 0 fully saturated rings. The SMILES string of the molecule is C=CCc1cccn1S(=O)(=O)c1ccccc1. The lowest BCUT2D eigenvalue weighted by Gasteiger charge is -2.09. The van der Waals surface area contributed by atoms with Crippen molar-refractivity contribution in [1.82, 2.24) is 3.97 Å². The number of hydrogen-bond donors (Lipinski definition) is 0. The van der Waals surface area contributed by atoms with Gasteiger partial charge in [0.25, 0.3) is 10.0 Å². The summed E-state index contributed by atoms with van der Waals surface area (Å²) in [5.41, 5.74) is 0.712. The molecule has 0 aliphatic heterocycles. The first-order valence-electron chi connectivity index (χ1n) is 5.24. The second-order valence-electron chi connectivity index (χ2n) is 3.61. The first kappa shape index (κ1) is 11.7. The highest BCUT2D eigenvalue weighted by atomic mass is 32.2. The summed E-state index contributed by atoms with van der Waals surface area (Å²) in [5.74, 6) is 0. The van der Waals surface area contributed by atoms with Crippen molar-refractivity contribution in [2.45, 2.75) is 11.3 Å². The minimum absolute atomic E-state index is 0.293. The van der Waals surface area contributed by atoms with Crippen molar-refractivity contribution in [2.24, 2.45) is 0 Å². The average molecular weight is 247 g/mol. The average Bonchev–Trinajstić information content (AvgIpc) is 2.80. The largest absolute Gasteiger partial charge is 0.267 e. The molecule has 0 spiro atoms. The molecule has 0 bridgehead atoms. The molecule has 3 nitrogen and oxygen atoms in total. The van der Waals surface area contributed by atoms with E-state index >= 15 is 0 Å². The van der Waals surface area contributed by atoms with E-state index in [1.165, 1.54) is 3.97 Å². The molecule has 4 heteroatoms. The first-order valence-corrected chi connectivity index (χ1v) is 6.68. The molecule has 0 unspecified atom stereocenters. The van der Waals surface area contributed by atoms with Crippen LogP contribution in [0.4, 0.5) is 0 Å². The normalized spacial score (nSPS) is 11.3. The van der Waals surface area contributed by atoms with Gasteiger partial charge in [0.1, 0.15) is 0 Å². The molecule has 0 aliphatic rings. The Balaban J connectivity index is 2.53.